The Morgan fingerprint density at radius 2 is 1.75 bits per heavy atom. The van der Waals surface area contributed by atoms with Crippen LogP contribution in [0.2, 0.25) is 0 Å². The first-order chi connectivity index (χ1) is 9.54. The van der Waals surface area contributed by atoms with Crippen molar-refractivity contribution in [3.8, 4) is 0 Å². The molecule has 2 unspecified atom stereocenters. The number of carboxylic acid groups (broad SMARTS) is 1. The first-order valence-electron chi connectivity index (χ1n) is 7.11. The first kappa shape index (κ1) is 14.6. The van der Waals surface area contributed by atoms with E-state index < -0.39 is 12.0 Å². The Labute approximate surface area is 117 Å². The molecule has 4 N–H and O–H groups in total. The van der Waals surface area contributed by atoms with Gasteiger partial charge < -0.3 is 21.1 Å². The van der Waals surface area contributed by atoms with Crippen LogP contribution in [0.1, 0.15) is 38.5 Å². The fraction of sp³-hybridized carbons (Fsp3) is 0.769. The Bertz CT molecular complexity index is 395. The van der Waals surface area contributed by atoms with Gasteiger partial charge in [0.15, 0.2) is 0 Å². The Morgan fingerprint density at radius 3 is 2.40 bits per heavy atom. The molecule has 0 bridgehead atoms. The molecule has 2 fully saturated rings. The van der Waals surface area contributed by atoms with E-state index in [0.29, 0.717) is 12.8 Å². The SMILES string of the molecule is O=C(CNC(=O)NC1CCCC(C(=O)O)C1)NC1CC1. The first-order valence-corrected chi connectivity index (χ1v) is 7.11. The smallest absolute Gasteiger partial charge is 0.315 e. The molecule has 0 aliphatic heterocycles. The molecule has 20 heavy (non-hydrogen) atoms. The Kier molecular flexibility index (Phi) is 4.81. The normalized spacial score (nSPS) is 25.6. The van der Waals surface area contributed by atoms with Crippen LogP contribution in [0.25, 0.3) is 0 Å². The van der Waals surface area contributed by atoms with Gasteiger partial charge in [-0.05, 0) is 32.1 Å². The lowest BCUT2D eigenvalue weighted by Crippen LogP contribution is -2.47. The zero-order chi connectivity index (χ0) is 14.5. The van der Waals surface area contributed by atoms with Crippen molar-refractivity contribution >= 4 is 17.9 Å². The summed E-state index contributed by atoms with van der Waals surface area (Å²) in [6, 6.07) is -0.259. The van der Waals surface area contributed by atoms with Crippen molar-refractivity contribution in [2.45, 2.75) is 50.6 Å². The van der Waals surface area contributed by atoms with E-state index in [2.05, 4.69) is 16.0 Å². The monoisotopic (exact) mass is 283 g/mol. The summed E-state index contributed by atoms with van der Waals surface area (Å²) in [5.74, 6) is -1.37. The van der Waals surface area contributed by atoms with Crippen molar-refractivity contribution < 1.29 is 19.5 Å². The number of carbonyl (C=O) groups is 3. The molecular formula is C13H21N3O4. The van der Waals surface area contributed by atoms with Gasteiger partial charge in [0.1, 0.15) is 0 Å². The minimum absolute atomic E-state index is 0.0442. The fourth-order valence-electron chi connectivity index (χ4n) is 2.45. The van der Waals surface area contributed by atoms with E-state index >= 15 is 0 Å². The maximum atomic E-state index is 11.6. The Hall–Kier alpha value is -1.79. The highest BCUT2D eigenvalue weighted by molar-refractivity contribution is 5.84. The topological polar surface area (TPSA) is 108 Å². The summed E-state index contributed by atoms with van der Waals surface area (Å²) in [5.41, 5.74) is 0. The minimum Gasteiger partial charge on any atom is -0.481 e. The quantitative estimate of drug-likeness (QED) is 0.578. The summed E-state index contributed by atoms with van der Waals surface area (Å²) in [7, 11) is 0. The summed E-state index contributed by atoms with van der Waals surface area (Å²) >= 11 is 0. The number of carbonyl (C=O) groups excluding carboxylic acids is 2. The van der Waals surface area contributed by atoms with E-state index in [9.17, 15) is 14.4 Å². The number of carboxylic acids is 1. The molecule has 0 radical (unpaired) electrons. The number of nitrogens with one attached hydrogen (secondary N) is 3. The van der Waals surface area contributed by atoms with Gasteiger partial charge in [-0.3, -0.25) is 9.59 Å². The third-order valence-corrected chi connectivity index (χ3v) is 3.71. The number of aliphatic carboxylic acids is 1. The van der Waals surface area contributed by atoms with Crippen LogP contribution in [0.15, 0.2) is 0 Å². The van der Waals surface area contributed by atoms with Crippen LogP contribution in [0.5, 0.6) is 0 Å². The molecule has 0 aromatic heterocycles. The van der Waals surface area contributed by atoms with Crippen LogP contribution in [-0.4, -0.2) is 41.6 Å². The number of urea groups is 1. The van der Waals surface area contributed by atoms with E-state index in [-0.39, 0.29) is 30.5 Å². The van der Waals surface area contributed by atoms with E-state index in [1.54, 1.807) is 0 Å². The zero-order valence-corrected chi connectivity index (χ0v) is 11.4. The van der Waals surface area contributed by atoms with Gasteiger partial charge in [-0.15, -0.1) is 0 Å². The Balaban J connectivity index is 1.65. The highest BCUT2D eigenvalue weighted by atomic mass is 16.4. The van der Waals surface area contributed by atoms with Gasteiger partial charge in [0.2, 0.25) is 5.91 Å². The molecule has 2 aliphatic carbocycles. The zero-order valence-electron chi connectivity index (χ0n) is 11.4. The van der Waals surface area contributed by atoms with Crippen LogP contribution in [0, 0.1) is 5.92 Å². The van der Waals surface area contributed by atoms with Crippen LogP contribution in [0.3, 0.4) is 0 Å². The van der Waals surface area contributed by atoms with Gasteiger partial charge in [-0.25, -0.2) is 4.79 Å². The van der Waals surface area contributed by atoms with Gasteiger partial charge in [0.25, 0.3) is 0 Å². The molecule has 0 aromatic carbocycles. The molecule has 0 heterocycles. The summed E-state index contributed by atoms with van der Waals surface area (Å²) in [6.07, 6.45) is 4.72. The third kappa shape index (κ3) is 4.71. The van der Waals surface area contributed by atoms with E-state index in [4.69, 9.17) is 5.11 Å². The molecule has 3 amide bonds. The van der Waals surface area contributed by atoms with Crippen LogP contribution in [0.4, 0.5) is 4.79 Å². The molecular weight excluding hydrogens is 262 g/mol. The largest absolute Gasteiger partial charge is 0.481 e. The highest BCUT2D eigenvalue weighted by Gasteiger charge is 2.28. The van der Waals surface area contributed by atoms with Crippen LogP contribution >= 0.6 is 0 Å². The van der Waals surface area contributed by atoms with Crippen molar-refractivity contribution in [3.05, 3.63) is 0 Å². The van der Waals surface area contributed by atoms with Crippen molar-refractivity contribution in [1.82, 2.24) is 16.0 Å². The van der Waals surface area contributed by atoms with Gasteiger partial charge in [-0.1, -0.05) is 6.42 Å². The van der Waals surface area contributed by atoms with E-state index in [1.165, 1.54) is 0 Å². The summed E-state index contributed by atoms with van der Waals surface area (Å²) in [4.78, 5) is 34.0. The number of hydrogen-bond acceptors (Lipinski definition) is 3. The van der Waals surface area contributed by atoms with Crippen molar-refractivity contribution in [3.63, 3.8) is 0 Å². The van der Waals surface area contributed by atoms with Crippen molar-refractivity contribution in [2.75, 3.05) is 6.54 Å². The van der Waals surface area contributed by atoms with Gasteiger partial charge in [0, 0.05) is 12.1 Å². The van der Waals surface area contributed by atoms with Gasteiger partial charge in [0.05, 0.1) is 12.5 Å². The average molecular weight is 283 g/mol. The average Bonchev–Trinajstić information content (AvgIpc) is 3.20. The maximum Gasteiger partial charge on any atom is 0.315 e. The lowest BCUT2D eigenvalue weighted by molar-refractivity contribution is -0.143. The standard InChI is InChI=1S/C13H21N3O4/c17-11(15-9-4-5-9)7-14-13(20)16-10-3-1-2-8(6-10)12(18)19/h8-10H,1-7H2,(H,15,17)(H,18,19)(H2,14,16,20). The molecule has 2 saturated carbocycles. The van der Waals surface area contributed by atoms with Gasteiger partial charge in [-0.2, -0.15) is 0 Å². The highest BCUT2D eigenvalue weighted by Crippen LogP contribution is 2.24. The molecule has 0 aromatic rings. The fourth-order valence-corrected chi connectivity index (χ4v) is 2.45. The second kappa shape index (κ2) is 6.58. The second-order valence-corrected chi connectivity index (χ2v) is 5.57. The summed E-state index contributed by atoms with van der Waals surface area (Å²) < 4.78 is 0. The molecule has 112 valence electrons. The van der Waals surface area contributed by atoms with E-state index in [0.717, 1.165) is 25.7 Å². The second-order valence-electron chi connectivity index (χ2n) is 5.57. The summed E-state index contributed by atoms with van der Waals surface area (Å²) in [6.45, 7) is -0.0442. The molecule has 0 spiro atoms. The lowest BCUT2D eigenvalue weighted by Gasteiger charge is -2.27. The van der Waals surface area contributed by atoms with Crippen molar-refractivity contribution in [2.24, 2.45) is 5.92 Å². The third-order valence-electron chi connectivity index (χ3n) is 3.71. The van der Waals surface area contributed by atoms with Crippen molar-refractivity contribution in [1.29, 1.82) is 0 Å². The predicted octanol–water partition coefficient (Wildman–Crippen LogP) is 0.208. The number of rotatable bonds is 5. The van der Waals surface area contributed by atoms with Crippen LogP contribution < -0.4 is 16.0 Å². The maximum absolute atomic E-state index is 11.6. The predicted molar refractivity (Wildman–Crippen MR) is 71.1 cm³/mol. The minimum atomic E-state index is -0.805. The van der Waals surface area contributed by atoms with Gasteiger partial charge >= 0.3 is 12.0 Å². The summed E-state index contributed by atoms with van der Waals surface area (Å²) in [5, 5.41) is 17.0. The molecule has 2 rings (SSSR count). The Morgan fingerprint density at radius 1 is 1.00 bits per heavy atom. The molecule has 2 atom stereocenters. The molecule has 7 nitrogen and oxygen atoms in total. The molecule has 0 saturated heterocycles. The molecule has 2 aliphatic rings. The van der Waals surface area contributed by atoms with Crippen LogP contribution in [-0.2, 0) is 9.59 Å². The lowest BCUT2D eigenvalue weighted by atomic mass is 9.86. The number of amides is 3. The van der Waals surface area contributed by atoms with E-state index in [1.807, 2.05) is 0 Å². The molecule has 7 heteroatoms. The number of hydrogen-bond donors (Lipinski definition) is 4.